The first-order chi connectivity index (χ1) is 11.8. The van der Waals surface area contributed by atoms with Crippen LogP contribution in [0.25, 0.3) is 16.5 Å². The lowest BCUT2D eigenvalue weighted by Crippen LogP contribution is -2.04. The maximum absolute atomic E-state index is 12.2. The lowest BCUT2D eigenvalue weighted by Gasteiger charge is -2.01. The quantitative estimate of drug-likeness (QED) is 0.537. The second kappa shape index (κ2) is 5.60. The van der Waals surface area contributed by atoms with Gasteiger partial charge in [-0.25, -0.2) is 4.79 Å². The molecule has 0 radical (unpaired) electrons. The number of nitriles is 1. The van der Waals surface area contributed by atoms with Crippen LogP contribution in [0.1, 0.15) is 21.7 Å². The van der Waals surface area contributed by atoms with Gasteiger partial charge in [-0.15, -0.1) is 0 Å². The summed E-state index contributed by atoms with van der Waals surface area (Å²) in [5.41, 5.74) is 2.59. The molecule has 1 aromatic carbocycles. The molecule has 0 N–H and O–H groups in total. The van der Waals surface area contributed by atoms with Gasteiger partial charge in [-0.2, -0.15) is 5.26 Å². The van der Waals surface area contributed by atoms with Crippen LogP contribution in [0.3, 0.4) is 0 Å². The van der Waals surface area contributed by atoms with Crippen molar-refractivity contribution in [3.05, 3.63) is 77.8 Å². The van der Waals surface area contributed by atoms with E-state index in [0.29, 0.717) is 16.7 Å². The van der Waals surface area contributed by atoms with E-state index in [1.807, 2.05) is 47.0 Å². The highest BCUT2D eigenvalue weighted by Crippen LogP contribution is 2.21. The van der Waals surface area contributed by atoms with Crippen molar-refractivity contribution in [1.29, 1.82) is 5.26 Å². The molecule has 0 unspecified atom stereocenters. The van der Waals surface area contributed by atoms with Crippen LogP contribution in [0.15, 0.2) is 65.3 Å². The van der Waals surface area contributed by atoms with Crippen LogP contribution < -0.4 is 0 Å². The molecule has 24 heavy (non-hydrogen) atoms. The van der Waals surface area contributed by atoms with Gasteiger partial charge in [-0.05, 0) is 24.3 Å². The van der Waals surface area contributed by atoms with Crippen molar-refractivity contribution in [2.75, 3.05) is 0 Å². The van der Waals surface area contributed by atoms with Crippen LogP contribution in [0.4, 0.5) is 0 Å². The zero-order chi connectivity index (χ0) is 16.5. The molecule has 0 aliphatic heterocycles. The minimum Gasteiger partial charge on any atom is -0.455 e. The van der Waals surface area contributed by atoms with Crippen molar-refractivity contribution in [2.45, 2.75) is 6.61 Å². The first kappa shape index (κ1) is 14.1. The van der Waals surface area contributed by atoms with Crippen LogP contribution in [-0.4, -0.2) is 10.4 Å². The number of nitrogens with zero attached hydrogens (tertiary/aromatic N) is 2. The monoisotopic (exact) mass is 316 g/mol. The molecule has 3 aromatic heterocycles. The molecule has 0 saturated carbocycles. The maximum Gasteiger partial charge on any atom is 0.374 e. The third-order valence-electron chi connectivity index (χ3n) is 3.86. The molecule has 0 saturated heterocycles. The number of esters is 1. The molecular weight excluding hydrogens is 304 g/mol. The van der Waals surface area contributed by atoms with Crippen LogP contribution >= 0.6 is 0 Å². The van der Waals surface area contributed by atoms with Gasteiger partial charge in [0.1, 0.15) is 18.3 Å². The molecule has 0 aliphatic rings. The fraction of sp³-hybridized carbons (Fsp3) is 0.0526. The van der Waals surface area contributed by atoms with Gasteiger partial charge in [-0.1, -0.05) is 24.3 Å². The van der Waals surface area contributed by atoms with Gasteiger partial charge in [-0.3, -0.25) is 0 Å². The van der Waals surface area contributed by atoms with Gasteiger partial charge in [0, 0.05) is 23.3 Å². The first-order valence-electron chi connectivity index (χ1n) is 7.40. The summed E-state index contributed by atoms with van der Waals surface area (Å²) in [5.74, 6) is -0.399. The zero-order valence-corrected chi connectivity index (χ0v) is 12.6. The SMILES string of the molecule is N#Cc1c(COC(=O)c2cc3ccccc3o2)cn2ccccc12. The Morgan fingerprint density at radius 1 is 1.21 bits per heavy atom. The summed E-state index contributed by atoms with van der Waals surface area (Å²) >= 11 is 0. The number of furan rings is 1. The molecule has 0 fully saturated rings. The van der Waals surface area contributed by atoms with E-state index in [0.717, 1.165) is 10.9 Å². The Bertz CT molecular complexity index is 1070. The summed E-state index contributed by atoms with van der Waals surface area (Å²) in [6, 6.07) is 16.8. The summed E-state index contributed by atoms with van der Waals surface area (Å²) in [4.78, 5) is 12.2. The van der Waals surface area contributed by atoms with Gasteiger partial charge in [0.15, 0.2) is 0 Å². The molecule has 4 aromatic rings. The Kier molecular flexibility index (Phi) is 3.29. The summed E-state index contributed by atoms with van der Waals surface area (Å²) < 4.78 is 12.6. The van der Waals surface area contributed by atoms with E-state index in [4.69, 9.17) is 9.15 Å². The molecule has 0 amide bonds. The molecule has 5 heteroatoms. The smallest absolute Gasteiger partial charge is 0.374 e. The number of carbonyl (C=O) groups is 1. The van der Waals surface area contributed by atoms with E-state index in [-0.39, 0.29) is 12.4 Å². The Morgan fingerprint density at radius 2 is 2.04 bits per heavy atom. The number of carbonyl (C=O) groups excluding carboxylic acids is 1. The third kappa shape index (κ3) is 2.31. The molecule has 5 nitrogen and oxygen atoms in total. The highest BCUT2D eigenvalue weighted by molar-refractivity contribution is 5.92. The minimum absolute atomic E-state index is 0.0143. The molecule has 0 atom stereocenters. The van der Waals surface area contributed by atoms with Gasteiger partial charge < -0.3 is 13.6 Å². The van der Waals surface area contributed by atoms with E-state index < -0.39 is 5.97 Å². The Morgan fingerprint density at radius 3 is 2.88 bits per heavy atom. The standard InChI is InChI=1S/C19H12N2O3/c20-10-15-14(11-21-8-4-3-6-16(15)21)12-23-19(22)18-9-13-5-1-2-7-17(13)24-18/h1-9,11H,12H2. The number of rotatable bonds is 3. The Labute approximate surface area is 137 Å². The highest BCUT2D eigenvalue weighted by atomic mass is 16.5. The van der Waals surface area contributed by atoms with Crippen LogP contribution in [0.2, 0.25) is 0 Å². The summed E-state index contributed by atoms with van der Waals surface area (Å²) in [7, 11) is 0. The van der Waals surface area contributed by atoms with Crippen molar-refractivity contribution in [1.82, 2.24) is 4.40 Å². The number of hydrogen-bond acceptors (Lipinski definition) is 4. The fourth-order valence-electron chi connectivity index (χ4n) is 2.71. The third-order valence-corrected chi connectivity index (χ3v) is 3.86. The second-order valence-electron chi connectivity index (χ2n) is 5.36. The molecule has 0 bridgehead atoms. The van der Waals surface area contributed by atoms with E-state index >= 15 is 0 Å². The molecule has 4 rings (SSSR count). The normalized spacial score (nSPS) is 10.8. The van der Waals surface area contributed by atoms with Crippen molar-refractivity contribution in [3.63, 3.8) is 0 Å². The van der Waals surface area contributed by atoms with Crippen LogP contribution in [0, 0.1) is 11.3 Å². The van der Waals surface area contributed by atoms with Gasteiger partial charge in [0.25, 0.3) is 0 Å². The summed E-state index contributed by atoms with van der Waals surface area (Å²) in [6.07, 6.45) is 3.64. The number of ether oxygens (including phenoxy) is 1. The maximum atomic E-state index is 12.2. The Balaban J connectivity index is 1.58. The molecular formula is C19H12N2O3. The average Bonchev–Trinajstić information content (AvgIpc) is 3.20. The first-order valence-corrected chi connectivity index (χ1v) is 7.40. The predicted molar refractivity (Wildman–Crippen MR) is 87.4 cm³/mol. The van der Waals surface area contributed by atoms with Crippen molar-refractivity contribution in [3.8, 4) is 6.07 Å². The van der Waals surface area contributed by atoms with Gasteiger partial charge in [0.05, 0.1) is 11.1 Å². The molecule has 0 aliphatic carbocycles. The number of para-hydroxylation sites is 1. The molecule has 3 heterocycles. The largest absolute Gasteiger partial charge is 0.455 e. The average molecular weight is 316 g/mol. The fourth-order valence-corrected chi connectivity index (χ4v) is 2.71. The highest BCUT2D eigenvalue weighted by Gasteiger charge is 2.16. The number of pyridine rings is 1. The predicted octanol–water partition coefficient (Wildman–Crippen LogP) is 3.91. The van der Waals surface area contributed by atoms with E-state index in [2.05, 4.69) is 6.07 Å². The van der Waals surface area contributed by atoms with Crippen LogP contribution in [-0.2, 0) is 11.3 Å². The van der Waals surface area contributed by atoms with E-state index in [1.165, 1.54) is 0 Å². The topological polar surface area (TPSA) is 67.6 Å². The lowest BCUT2D eigenvalue weighted by molar-refractivity contribution is 0.0438. The van der Waals surface area contributed by atoms with Crippen molar-refractivity contribution in [2.24, 2.45) is 0 Å². The van der Waals surface area contributed by atoms with Gasteiger partial charge in [0.2, 0.25) is 5.76 Å². The zero-order valence-electron chi connectivity index (χ0n) is 12.6. The molecule has 116 valence electrons. The van der Waals surface area contributed by atoms with Crippen LogP contribution in [0.5, 0.6) is 0 Å². The number of hydrogen-bond donors (Lipinski definition) is 0. The number of aromatic nitrogens is 1. The summed E-state index contributed by atoms with van der Waals surface area (Å²) in [5, 5.41) is 10.2. The van der Waals surface area contributed by atoms with Crippen molar-refractivity contribution < 1.29 is 13.9 Å². The lowest BCUT2D eigenvalue weighted by atomic mass is 10.2. The van der Waals surface area contributed by atoms with Crippen molar-refractivity contribution >= 4 is 22.5 Å². The van der Waals surface area contributed by atoms with E-state index in [1.54, 1.807) is 18.3 Å². The van der Waals surface area contributed by atoms with Gasteiger partial charge >= 0.3 is 5.97 Å². The minimum atomic E-state index is -0.551. The second-order valence-corrected chi connectivity index (χ2v) is 5.36. The Hall–Kier alpha value is -3.52. The van der Waals surface area contributed by atoms with E-state index in [9.17, 15) is 10.1 Å². The number of benzene rings is 1. The summed E-state index contributed by atoms with van der Waals surface area (Å²) in [6.45, 7) is 0.0143. The number of fused-ring (bicyclic) bond motifs is 2. The molecule has 0 spiro atoms.